The number of aromatic nitrogens is 3. The number of carbonyl (C=O) groups excluding carboxylic acids is 1. The Morgan fingerprint density at radius 3 is 2.48 bits per heavy atom. The third-order valence-electron chi connectivity index (χ3n) is 3.94. The van der Waals surface area contributed by atoms with E-state index in [0.29, 0.717) is 11.7 Å². The lowest BCUT2D eigenvalue weighted by Gasteiger charge is -2.36. The van der Waals surface area contributed by atoms with Gasteiger partial charge in [0.25, 0.3) is 0 Å². The smallest absolute Gasteiger partial charge is 0.225 e. The van der Waals surface area contributed by atoms with Crippen LogP contribution in [0, 0.1) is 12.8 Å². The first-order valence-corrected chi connectivity index (χ1v) is 7.85. The van der Waals surface area contributed by atoms with Gasteiger partial charge in [-0.05, 0) is 12.1 Å². The number of nitrogens with zero attached hydrogens (tertiary/aromatic N) is 5. The first kappa shape index (κ1) is 15.5. The van der Waals surface area contributed by atoms with Crippen LogP contribution >= 0.6 is 0 Å². The number of aryl methyl sites for hydroxylation is 1. The summed E-state index contributed by atoms with van der Waals surface area (Å²) in [6, 6.07) is 3.90. The third kappa shape index (κ3) is 3.33. The summed E-state index contributed by atoms with van der Waals surface area (Å²) in [5.41, 5.74) is 0.833. The molecule has 1 amide bonds. The second-order valence-corrected chi connectivity index (χ2v) is 6.01. The lowest BCUT2D eigenvalue weighted by atomic mass is 10.1. The molecule has 0 aliphatic carbocycles. The topological polar surface area (TPSA) is 75.4 Å². The van der Waals surface area contributed by atoms with Gasteiger partial charge in [-0.25, -0.2) is 4.98 Å². The van der Waals surface area contributed by atoms with E-state index in [0.717, 1.165) is 37.6 Å². The van der Waals surface area contributed by atoms with E-state index in [1.807, 2.05) is 30.9 Å². The molecule has 0 radical (unpaired) electrons. The molecule has 2 aromatic heterocycles. The second kappa shape index (κ2) is 6.36. The van der Waals surface area contributed by atoms with Gasteiger partial charge >= 0.3 is 0 Å². The predicted molar refractivity (Wildman–Crippen MR) is 85.9 cm³/mol. The van der Waals surface area contributed by atoms with Gasteiger partial charge in [-0.1, -0.05) is 19.0 Å². The maximum absolute atomic E-state index is 12.0. The van der Waals surface area contributed by atoms with Gasteiger partial charge in [-0.3, -0.25) is 4.79 Å². The minimum atomic E-state index is 0.0531. The van der Waals surface area contributed by atoms with Crippen LogP contribution in [0.2, 0.25) is 0 Å². The molecule has 0 saturated carbocycles. The lowest BCUT2D eigenvalue weighted by Crippen LogP contribution is -2.50. The Balaban J connectivity index is 1.64. The first-order valence-electron chi connectivity index (χ1n) is 7.85. The molecule has 23 heavy (non-hydrogen) atoms. The van der Waals surface area contributed by atoms with Crippen molar-refractivity contribution in [2.75, 3.05) is 31.1 Å². The van der Waals surface area contributed by atoms with E-state index in [2.05, 4.69) is 20.0 Å². The monoisotopic (exact) mass is 315 g/mol. The lowest BCUT2D eigenvalue weighted by molar-refractivity contribution is -0.134. The minimum Gasteiger partial charge on any atom is -0.353 e. The summed E-state index contributed by atoms with van der Waals surface area (Å²) in [6.45, 7) is 8.72. The van der Waals surface area contributed by atoms with Crippen LogP contribution in [-0.2, 0) is 4.79 Å². The number of amides is 1. The van der Waals surface area contributed by atoms with Gasteiger partial charge in [0.15, 0.2) is 0 Å². The van der Waals surface area contributed by atoms with Gasteiger partial charge in [0.2, 0.25) is 17.6 Å². The molecule has 0 atom stereocenters. The molecule has 0 bridgehead atoms. The molecule has 7 heteroatoms. The van der Waals surface area contributed by atoms with Crippen LogP contribution in [-0.4, -0.2) is 52.1 Å². The zero-order valence-electron chi connectivity index (χ0n) is 13.7. The number of hydrogen-bond donors (Lipinski definition) is 0. The van der Waals surface area contributed by atoms with Gasteiger partial charge in [0, 0.05) is 50.8 Å². The quantitative estimate of drug-likeness (QED) is 0.859. The summed E-state index contributed by atoms with van der Waals surface area (Å²) in [4.78, 5) is 24.8. The van der Waals surface area contributed by atoms with Crippen molar-refractivity contribution in [2.45, 2.75) is 20.8 Å². The highest BCUT2D eigenvalue weighted by Gasteiger charge is 2.23. The maximum Gasteiger partial charge on any atom is 0.225 e. The van der Waals surface area contributed by atoms with Crippen molar-refractivity contribution in [3.8, 4) is 11.4 Å². The summed E-state index contributed by atoms with van der Waals surface area (Å²) >= 11 is 0. The van der Waals surface area contributed by atoms with Crippen LogP contribution in [0.1, 0.15) is 19.7 Å². The van der Waals surface area contributed by atoms with Gasteiger partial charge < -0.3 is 14.3 Å². The number of piperazine rings is 1. The van der Waals surface area contributed by atoms with Crippen molar-refractivity contribution in [1.29, 1.82) is 0 Å². The van der Waals surface area contributed by atoms with Crippen molar-refractivity contribution in [3.05, 3.63) is 24.2 Å². The highest BCUT2D eigenvalue weighted by molar-refractivity contribution is 5.78. The average Bonchev–Trinajstić information content (AvgIpc) is 3.01. The van der Waals surface area contributed by atoms with Crippen LogP contribution in [0.4, 0.5) is 5.82 Å². The summed E-state index contributed by atoms with van der Waals surface area (Å²) in [7, 11) is 0. The molecule has 0 spiro atoms. The summed E-state index contributed by atoms with van der Waals surface area (Å²) in [5.74, 6) is 2.27. The SMILES string of the molecule is Cc1nc(-c2ccc(N3CCN(C(=O)C(C)C)CC3)nc2)no1. The van der Waals surface area contributed by atoms with Gasteiger partial charge in [-0.2, -0.15) is 4.98 Å². The van der Waals surface area contributed by atoms with Crippen LogP contribution in [0.25, 0.3) is 11.4 Å². The molecular formula is C16H21N5O2. The second-order valence-electron chi connectivity index (χ2n) is 6.01. The molecule has 0 N–H and O–H groups in total. The van der Waals surface area contributed by atoms with Crippen LogP contribution in [0.15, 0.2) is 22.9 Å². The highest BCUT2D eigenvalue weighted by Crippen LogP contribution is 2.19. The predicted octanol–water partition coefficient (Wildman–Crippen LogP) is 1.74. The highest BCUT2D eigenvalue weighted by atomic mass is 16.5. The van der Waals surface area contributed by atoms with Gasteiger partial charge in [0.05, 0.1) is 0 Å². The fourth-order valence-electron chi connectivity index (χ4n) is 2.64. The Morgan fingerprint density at radius 2 is 1.96 bits per heavy atom. The van der Waals surface area contributed by atoms with Crippen LogP contribution in [0.3, 0.4) is 0 Å². The molecule has 7 nitrogen and oxygen atoms in total. The van der Waals surface area contributed by atoms with Crippen molar-refractivity contribution in [1.82, 2.24) is 20.0 Å². The molecule has 3 rings (SSSR count). The van der Waals surface area contributed by atoms with E-state index < -0.39 is 0 Å². The largest absolute Gasteiger partial charge is 0.353 e. The Hall–Kier alpha value is -2.44. The molecule has 122 valence electrons. The molecule has 1 aliphatic heterocycles. The van der Waals surface area contributed by atoms with Gasteiger partial charge in [0.1, 0.15) is 5.82 Å². The first-order chi connectivity index (χ1) is 11.0. The van der Waals surface area contributed by atoms with Crippen molar-refractivity contribution in [3.63, 3.8) is 0 Å². The zero-order chi connectivity index (χ0) is 16.4. The van der Waals surface area contributed by atoms with Crippen LogP contribution < -0.4 is 4.90 Å². The summed E-state index contributed by atoms with van der Waals surface area (Å²) < 4.78 is 4.98. The number of carbonyl (C=O) groups is 1. The maximum atomic E-state index is 12.0. The fourth-order valence-corrected chi connectivity index (χ4v) is 2.64. The van der Waals surface area contributed by atoms with E-state index in [9.17, 15) is 4.79 Å². The van der Waals surface area contributed by atoms with Crippen molar-refractivity contribution < 1.29 is 9.32 Å². The van der Waals surface area contributed by atoms with E-state index in [4.69, 9.17) is 4.52 Å². The summed E-state index contributed by atoms with van der Waals surface area (Å²) in [6.07, 6.45) is 1.76. The molecule has 3 heterocycles. The fraction of sp³-hybridized carbons (Fsp3) is 0.500. The normalized spacial score (nSPS) is 15.3. The van der Waals surface area contributed by atoms with Crippen molar-refractivity contribution >= 4 is 11.7 Å². The molecule has 1 aliphatic rings. The molecule has 0 unspecified atom stereocenters. The molecule has 1 saturated heterocycles. The standard InChI is InChI=1S/C16H21N5O2/c1-11(2)16(22)21-8-6-20(7-9-21)14-5-4-13(10-17-14)15-18-12(3)23-19-15/h4-5,10-11H,6-9H2,1-3H3. The van der Waals surface area contributed by atoms with E-state index in [1.165, 1.54) is 0 Å². The number of pyridine rings is 1. The minimum absolute atomic E-state index is 0.0531. The number of rotatable bonds is 3. The van der Waals surface area contributed by atoms with E-state index >= 15 is 0 Å². The Morgan fingerprint density at radius 1 is 1.22 bits per heavy atom. The van der Waals surface area contributed by atoms with Crippen molar-refractivity contribution in [2.24, 2.45) is 5.92 Å². The molecular weight excluding hydrogens is 294 g/mol. The third-order valence-corrected chi connectivity index (χ3v) is 3.94. The average molecular weight is 315 g/mol. The van der Waals surface area contributed by atoms with E-state index in [-0.39, 0.29) is 11.8 Å². The molecule has 1 fully saturated rings. The Bertz CT molecular complexity index is 672. The number of anilines is 1. The Labute approximate surface area is 135 Å². The molecule has 2 aromatic rings. The number of hydrogen-bond acceptors (Lipinski definition) is 6. The summed E-state index contributed by atoms with van der Waals surface area (Å²) in [5, 5.41) is 3.89. The van der Waals surface area contributed by atoms with Crippen LogP contribution in [0.5, 0.6) is 0 Å². The zero-order valence-corrected chi connectivity index (χ0v) is 13.7. The van der Waals surface area contributed by atoms with E-state index in [1.54, 1.807) is 13.1 Å². The Kier molecular flexibility index (Phi) is 4.27. The van der Waals surface area contributed by atoms with Gasteiger partial charge in [-0.15, -0.1) is 0 Å². The molecule has 0 aromatic carbocycles.